The molecule has 1 heterocycles. The highest BCUT2D eigenvalue weighted by Gasteiger charge is 2.13. The number of nitrogens with one attached hydrogen (secondary N) is 1. The zero-order valence-electron chi connectivity index (χ0n) is 12.3. The molecule has 0 saturated carbocycles. The van der Waals surface area contributed by atoms with Crippen LogP contribution < -0.4 is 10.1 Å². The zero-order chi connectivity index (χ0) is 15.5. The van der Waals surface area contributed by atoms with E-state index in [1.807, 2.05) is 24.3 Å². The molecule has 0 fully saturated rings. The van der Waals surface area contributed by atoms with Crippen LogP contribution in [0, 0.1) is 5.82 Å². The third kappa shape index (κ3) is 5.10. The van der Waals surface area contributed by atoms with Gasteiger partial charge in [0.2, 0.25) is 5.88 Å². The summed E-state index contributed by atoms with van der Waals surface area (Å²) in [5, 5.41) is 3.31. The molecule has 0 saturated heterocycles. The van der Waals surface area contributed by atoms with Gasteiger partial charge in [-0.15, -0.1) is 0 Å². The van der Waals surface area contributed by atoms with Gasteiger partial charge in [0.25, 0.3) is 0 Å². The summed E-state index contributed by atoms with van der Waals surface area (Å²) in [7, 11) is 0. The molecule has 0 bridgehead atoms. The van der Waals surface area contributed by atoms with Crippen LogP contribution in [0.5, 0.6) is 11.6 Å². The number of halogens is 2. The van der Waals surface area contributed by atoms with Crippen molar-refractivity contribution < 1.29 is 9.13 Å². The third-order valence-corrected chi connectivity index (χ3v) is 3.26. The van der Waals surface area contributed by atoms with E-state index in [0.29, 0.717) is 23.7 Å². The molecular formula is C16H18BrFN2O. The van der Waals surface area contributed by atoms with E-state index in [2.05, 4.69) is 47.0 Å². The van der Waals surface area contributed by atoms with Crippen molar-refractivity contribution in [3.63, 3.8) is 0 Å². The average molecular weight is 353 g/mol. The van der Waals surface area contributed by atoms with Crippen LogP contribution in [-0.4, -0.2) is 10.5 Å². The van der Waals surface area contributed by atoms with Crippen LogP contribution in [0.25, 0.3) is 0 Å². The Morgan fingerprint density at radius 2 is 1.90 bits per heavy atom. The number of rotatable bonds is 4. The Kier molecular flexibility index (Phi) is 4.96. The lowest BCUT2D eigenvalue weighted by atomic mass is 10.1. The highest BCUT2D eigenvalue weighted by atomic mass is 79.9. The molecule has 0 radical (unpaired) electrons. The summed E-state index contributed by atoms with van der Waals surface area (Å²) in [6.45, 7) is 6.64. The molecule has 0 spiro atoms. The molecule has 21 heavy (non-hydrogen) atoms. The predicted octanol–water partition coefficient (Wildman–Crippen LogP) is 4.66. The second-order valence-electron chi connectivity index (χ2n) is 5.78. The van der Waals surface area contributed by atoms with Crippen molar-refractivity contribution in [1.29, 1.82) is 0 Å². The molecule has 0 aliphatic rings. The SMILES string of the molecule is CC(C)(C)NCc1cc(F)cnc1Oc1ccc(Br)cc1. The van der Waals surface area contributed by atoms with Crippen LogP contribution in [0.2, 0.25) is 0 Å². The molecular weight excluding hydrogens is 335 g/mol. The molecule has 0 aliphatic heterocycles. The van der Waals surface area contributed by atoms with Gasteiger partial charge in [0.15, 0.2) is 0 Å². The number of ether oxygens (including phenoxy) is 1. The maximum atomic E-state index is 13.4. The summed E-state index contributed by atoms with van der Waals surface area (Å²) < 4.78 is 20.1. The summed E-state index contributed by atoms with van der Waals surface area (Å²) in [4.78, 5) is 4.05. The van der Waals surface area contributed by atoms with Crippen molar-refractivity contribution in [3.8, 4) is 11.6 Å². The maximum Gasteiger partial charge on any atom is 0.223 e. The van der Waals surface area contributed by atoms with Gasteiger partial charge in [0, 0.05) is 22.1 Å². The lowest BCUT2D eigenvalue weighted by Crippen LogP contribution is -2.35. The van der Waals surface area contributed by atoms with Gasteiger partial charge in [0.1, 0.15) is 11.6 Å². The van der Waals surface area contributed by atoms with Crippen LogP contribution in [0.3, 0.4) is 0 Å². The fourth-order valence-corrected chi connectivity index (χ4v) is 1.93. The quantitative estimate of drug-likeness (QED) is 0.868. The molecule has 0 amide bonds. The summed E-state index contributed by atoms with van der Waals surface area (Å²) in [5.41, 5.74) is 0.620. The molecule has 5 heteroatoms. The van der Waals surface area contributed by atoms with Crippen LogP contribution in [-0.2, 0) is 6.54 Å². The van der Waals surface area contributed by atoms with Gasteiger partial charge < -0.3 is 10.1 Å². The highest BCUT2D eigenvalue weighted by Crippen LogP contribution is 2.25. The number of benzene rings is 1. The smallest absolute Gasteiger partial charge is 0.223 e. The molecule has 1 aromatic heterocycles. The Morgan fingerprint density at radius 1 is 1.24 bits per heavy atom. The lowest BCUT2D eigenvalue weighted by Gasteiger charge is -2.21. The van der Waals surface area contributed by atoms with E-state index < -0.39 is 0 Å². The van der Waals surface area contributed by atoms with Crippen molar-refractivity contribution in [2.45, 2.75) is 32.9 Å². The molecule has 0 unspecified atom stereocenters. The highest BCUT2D eigenvalue weighted by molar-refractivity contribution is 9.10. The monoisotopic (exact) mass is 352 g/mol. The van der Waals surface area contributed by atoms with Crippen molar-refractivity contribution in [3.05, 3.63) is 52.4 Å². The van der Waals surface area contributed by atoms with Gasteiger partial charge in [-0.3, -0.25) is 0 Å². The standard InChI is InChI=1S/C16H18BrFN2O/c1-16(2,3)20-9-11-8-13(18)10-19-15(11)21-14-6-4-12(17)5-7-14/h4-8,10,20H,9H2,1-3H3. The summed E-state index contributed by atoms with van der Waals surface area (Å²) >= 11 is 3.37. The maximum absolute atomic E-state index is 13.4. The number of hydrogen-bond donors (Lipinski definition) is 1. The van der Waals surface area contributed by atoms with E-state index in [1.54, 1.807) is 0 Å². The summed E-state index contributed by atoms with van der Waals surface area (Å²) in [6.07, 6.45) is 1.16. The fourth-order valence-electron chi connectivity index (χ4n) is 1.66. The van der Waals surface area contributed by atoms with Crippen molar-refractivity contribution in [2.24, 2.45) is 0 Å². The normalized spacial score (nSPS) is 11.5. The van der Waals surface area contributed by atoms with E-state index in [0.717, 1.165) is 10.7 Å². The Bertz CT molecular complexity index is 609. The fraction of sp³-hybridized carbons (Fsp3) is 0.312. The van der Waals surface area contributed by atoms with Crippen LogP contribution >= 0.6 is 15.9 Å². The largest absolute Gasteiger partial charge is 0.439 e. The Balaban J connectivity index is 2.20. The van der Waals surface area contributed by atoms with E-state index >= 15 is 0 Å². The molecule has 2 aromatic rings. The minimum absolute atomic E-state index is 0.0683. The number of pyridine rings is 1. The van der Waals surface area contributed by atoms with Crippen molar-refractivity contribution in [2.75, 3.05) is 0 Å². The molecule has 1 N–H and O–H groups in total. The molecule has 1 aromatic carbocycles. The molecule has 112 valence electrons. The van der Waals surface area contributed by atoms with E-state index in [-0.39, 0.29) is 11.4 Å². The van der Waals surface area contributed by atoms with Gasteiger partial charge in [-0.25, -0.2) is 9.37 Å². The second kappa shape index (κ2) is 6.54. The van der Waals surface area contributed by atoms with E-state index in [1.165, 1.54) is 6.07 Å². The predicted molar refractivity (Wildman–Crippen MR) is 85.0 cm³/mol. The first-order valence-corrected chi connectivity index (χ1v) is 7.46. The van der Waals surface area contributed by atoms with E-state index in [9.17, 15) is 4.39 Å². The second-order valence-corrected chi connectivity index (χ2v) is 6.69. The van der Waals surface area contributed by atoms with Gasteiger partial charge in [-0.2, -0.15) is 0 Å². The average Bonchev–Trinajstić information content (AvgIpc) is 2.40. The zero-order valence-corrected chi connectivity index (χ0v) is 13.9. The topological polar surface area (TPSA) is 34.2 Å². The molecule has 0 atom stereocenters. The van der Waals surface area contributed by atoms with Crippen LogP contribution in [0.4, 0.5) is 4.39 Å². The van der Waals surface area contributed by atoms with Gasteiger partial charge in [0.05, 0.1) is 6.20 Å². The van der Waals surface area contributed by atoms with Crippen molar-refractivity contribution in [1.82, 2.24) is 10.3 Å². The first kappa shape index (κ1) is 15.9. The first-order chi connectivity index (χ1) is 9.83. The Morgan fingerprint density at radius 3 is 2.52 bits per heavy atom. The molecule has 3 nitrogen and oxygen atoms in total. The van der Waals surface area contributed by atoms with Crippen LogP contribution in [0.1, 0.15) is 26.3 Å². The van der Waals surface area contributed by atoms with Crippen molar-refractivity contribution >= 4 is 15.9 Å². The minimum atomic E-state index is -0.371. The third-order valence-electron chi connectivity index (χ3n) is 2.73. The number of hydrogen-bond acceptors (Lipinski definition) is 3. The Labute approximate surface area is 132 Å². The molecule has 0 aliphatic carbocycles. The van der Waals surface area contributed by atoms with Gasteiger partial charge in [-0.1, -0.05) is 15.9 Å². The van der Waals surface area contributed by atoms with Gasteiger partial charge in [-0.05, 0) is 51.1 Å². The summed E-state index contributed by atoms with van der Waals surface area (Å²) in [5.74, 6) is 0.702. The number of nitrogens with zero attached hydrogens (tertiary/aromatic N) is 1. The Hall–Kier alpha value is -1.46. The van der Waals surface area contributed by atoms with Crippen LogP contribution in [0.15, 0.2) is 41.0 Å². The first-order valence-electron chi connectivity index (χ1n) is 6.66. The molecule has 2 rings (SSSR count). The van der Waals surface area contributed by atoms with Gasteiger partial charge >= 0.3 is 0 Å². The number of aromatic nitrogens is 1. The lowest BCUT2D eigenvalue weighted by molar-refractivity contribution is 0.407. The van der Waals surface area contributed by atoms with E-state index in [4.69, 9.17) is 4.74 Å². The summed E-state index contributed by atoms with van der Waals surface area (Å²) in [6, 6.07) is 8.87. The minimum Gasteiger partial charge on any atom is -0.439 e.